The maximum absolute atomic E-state index is 13.1. The number of halogens is 1. The molecular formula is C23H23FN4O3. The molecule has 0 bridgehead atoms. The van der Waals surface area contributed by atoms with Gasteiger partial charge in [0, 0.05) is 37.3 Å². The molecule has 1 aliphatic rings. The van der Waals surface area contributed by atoms with Crippen LogP contribution in [0.1, 0.15) is 10.4 Å². The van der Waals surface area contributed by atoms with Crippen LogP contribution in [0.25, 0.3) is 11.3 Å². The molecule has 0 saturated carbocycles. The SMILES string of the molecule is COc1ccc(-c2ccc(N3CCN(C(=O)c4ccc(F)cc4)CC3)nn2)cc1OC. The van der Waals surface area contributed by atoms with Crippen molar-refractivity contribution in [3.05, 3.63) is 66.0 Å². The Labute approximate surface area is 180 Å². The van der Waals surface area contributed by atoms with Gasteiger partial charge in [0.2, 0.25) is 0 Å². The molecule has 0 atom stereocenters. The van der Waals surface area contributed by atoms with Crippen LogP contribution in [0.3, 0.4) is 0 Å². The predicted octanol–water partition coefficient (Wildman–Crippen LogP) is 3.26. The van der Waals surface area contributed by atoms with Crippen molar-refractivity contribution in [3.8, 4) is 22.8 Å². The molecule has 4 rings (SSSR count). The summed E-state index contributed by atoms with van der Waals surface area (Å²) in [5, 5.41) is 8.73. The Balaban J connectivity index is 1.40. The van der Waals surface area contributed by atoms with Gasteiger partial charge in [-0.1, -0.05) is 0 Å². The Morgan fingerprint density at radius 3 is 2.19 bits per heavy atom. The first-order valence-electron chi connectivity index (χ1n) is 9.95. The van der Waals surface area contributed by atoms with E-state index in [-0.39, 0.29) is 11.7 Å². The number of piperazine rings is 1. The van der Waals surface area contributed by atoms with Gasteiger partial charge in [-0.25, -0.2) is 4.39 Å². The maximum atomic E-state index is 13.1. The van der Waals surface area contributed by atoms with E-state index in [0.29, 0.717) is 43.2 Å². The Kier molecular flexibility index (Phi) is 5.97. The van der Waals surface area contributed by atoms with Crippen molar-refractivity contribution < 1.29 is 18.7 Å². The second-order valence-electron chi connectivity index (χ2n) is 7.13. The Morgan fingerprint density at radius 1 is 0.871 bits per heavy atom. The lowest BCUT2D eigenvalue weighted by atomic mass is 10.1. The van der Waals surface area contributed by atoms with E-state index in [9.17, 15) is 9.18 Å². The summed E-state index contributed by atoms with van der Waals surface area (Å²) in [6.45, 7) is 2.43. The van der Waals surface area contributed by atoms with Crippen LogP contribution in [-0.4, -0.2) is 61.4 Å². The van der Waals surface area contributed by atoms with Crippen molar-refractivity contribution in [3.63, 3.8) is 0 Å². The zero-order chi connectivity index (χ0) is 21.8. The molecule has 2 heterocycles. The number of benzene rings is 2. The van der Waals surface area contributed by atoms with E-state index in [2.05, 4.69) is 15.1 Å². The lowest BCUT2D eigenvalue weighted by Gasteiger charge is -2.35. The molecule has 3 aromatic rings. The Hall–Kier alpha value is -3.68. The smallest absolute Gasteiger partial charge is 0.253 e. The number of aromatic nitrogens is 2. The monoisotopic (exact) mass is 422 g/mol. The standard InChI is InChI=1S/C23H23FN4O3/c1-30-20-9-5-17(15-21(20)31-2)19-8-10-22(26-25-19)27-11-13-28(14-12-27)23(29)16-3-6-18(24)7-4-16/h3-10,15H,11-14H2,1-2H3. The third-order valence-electron chi connectivity index (χ3n) is 5.31. The molecule has 0 N–H and O–H groups in total. The molecule has 1 amide bonds. The van der Waals surface area contributed by atoms with Crippen LogP contribution in [0.15, 0.2) is 54.6 Å². The second-order valence-corrected chi connectivity index (χ2v) is 7.13. The van der Waals surface area contributed by atoms with E-state index in [1.807, 2.05) is 30.3 Å². The highest BCUT2D eigenvalue weighted by Crippen LogP contribution is 2.31. The molecule has 160 valence electrons. The van der Waals surface area contributed by atoms with Crippen LogP contribution < -0.4 is 14.4 Å². The number of hydrogen-bond acceptors (Lipinski definition) is 6. The molecule has 0 radical (unpaired) electrons. The molecule has 1 fully saturated rings. The van der Waals surface area contributed by atoms with Gasteiger partial charge in [0.25, 0.3) is 5.91 Å². The largest absolute Gasteiger partial charge is 0.493 e. The summed E-state index contributed by atoms with van der Waals surface area (Å²) in [4.78, 5) is 16.5. The van der Waals surface area contributed by atoms with E-state index in [0.717, 1.165) is 17.1 Å². The highest BCUT2D eigenvalue weighted by molar-refractivity contribution is 5.94. The van der Waals surface area contributed by atoms with Crippen LogP contribution >= 0.6 is 0 Å². The Bertz CT molecular complexity index is 1050. The third-order valence-corrected chi connectivity index (χ3v) is 5.31. The average Bonchev–Trinajstić information content (AvgIpc) is 2.84. The van der Waals surface area contributed by atoms with E-state index >= 15 is 0 Å². The van der Waals surface area contributed by atoms with Crippen molar-refractivity contribution in [2.45, 2.75) is 0 Å². The van der Waals surface area contributed by atoms with Crippen LogP contribution in [0.2, 0.25) is 0 Å². The van der Waals surface area contributed by atoms with Gasteiger partial charge in [-0.05, 0) is 54.6 Å². The molecule has 1 saturated heterocycles. The second kappa shape index (κ2) is 8.99. The molecule has 0 aliphatic carbocycles. The number of methoxy groups -OCH3 is 2. The van der Waals surface area contributed by atoms with Gasteiger partial charge in [-0.2, -0.15) is 0 Å². The number of rotatable bonds is 5. The van der Waals surface area contributed by atoms with Crippen molar-refractivity contribution in [1.29, 1.82) is 0 Å². The summed E-state index contributed by atoms with van der Waals surface area (Å²) in [5.41, 5.74) is 2.11. The molecule has 0 unspecified atom stereocenters. The fourth-order valence-electron chi connectivity index (χ4n) is 3.56. The number of carbonyl (C=O) groups excluding carboxylic acids is 1. The quantitative estimate of drug-likeness (QED) is 0.629. The summed E-state index contributed by atoms with van der Waals surface area (Å²) in [6, 6.07) is 15.1. The molecule has 8 heteroatoms. The van der Waals surface area contributed by atoms with E-state index in [4.69, 9.17) is 9.47 Å². The highest BCUT2D eigenvalue weighted by atomic mass is 19.1. The maximum Gasteiger partial charge on any atom is 0.253 e. The molecule has 7 nitrogen and oxygen atoms in total. The van der Waals surface area contributed by atoms with Crippen LogP contribution in [0.4, 0.5) is 10.2 Å². The van der Waals surface area contributed by atoms with Crippen molar-refractivity contribution in [1.82, 2.24) is 15.1 Å². The number of carbonyl (C=O) groups is 1. The Morgan fingerprint density at radius 2 is 1.58 bits per heavy atom. The number of ether oxygens (including phenoxy) is 2. The van der Waals surface area contributed by atoms with Gasteiger partial charge in [-0.15, -0.1) is 10.2 Å². The zero-order valence-corrected chi connectivity index (χ0v) is 17.4. The van der Waals surface area contributed by atoms with Crippen molar-refractivity contribution in [2.24, 2.45) is 0 Å². The molecule has 1 aromatic heterocycles. The minimum absolute atomic E-state index is 0.0884. The fraction of sp³-hybridized carbons (Fsp3) is 0.261. The molecule has 31 heavy (non-hydrogen) atoms. The summed E-state index contributed by atoms with van der Waals surface area (Å²) >= 11 is 0. The topological polar surface area (TPSA) is 67.8 Å². The molecule has 1 aliphatic heterocycles. The summed E-state index contributed by atoms with van der Waals surface area (Å²) < 4.78 is 23.7. The fourth-order valence-corrected chi connectivity index (χ4v) is 3.56. The van der Waals surface area contributed by atoms with Crippen LogP contribution in [0, 0.1) is 5.82 Å². The van der Waals surface area contributed by atoms with Gasteiger partial charge in [0.05, 0.1) is 19.9 Å². The van der Waals surface area contributed by atoms with Gasteiger partial charge in [0.15, 0.2) is 17.3 Å². The van der Waals surface area contributed by atoms with Crippen LogP contribution in [-0.2, 0) is 0 Å². The number of anilines is 1. The van der Waals surface area contributed by atoms with Crippen LogP contribution in [0.5, 0.6) is 11.5 Å². The van der Waals surface area contributed by atoms with Gasteiger partial charge in [0.1, 0.15) is 5.82 Å². The summed E-state index contributed by atoms with van der Waals surface area (Å²) in [5.74, 6) is 1.61. The lowest BCUT2D eigenvalue weighted by Crippen LogP contribution is -2.49. The highest BCUT2D eigenvalue weighted by Gasteiger charge is 2.23. The number of hydrogen-bond donors (Lipinski definition) is 0. The molecular weight excluding hydrogens is 399 g/mol. The first-order valence-corrected chi connectivity index (χ1v) is 9.95. The van der Waals surface area contributed by atoms with Crippen molar-refractivity contribution in [2.75, 3.05) is 45.3 Å². The molecule has 2 aromatic carbocycles. The van der Waals surface area contributed by atoms with E-state index in [1.54, 1.807) is 19.1 Å². The minimum atomic E-state index is -0.350. The van der Waals surface area contributed by atoms with Crippen molar-refractivity contribution >= 4 is 11.7 Å². The summed E-state index contributed by atoms with van der Waals surface area (Å²) in [6.07, 6.45) is 0. The van der Waals surface area contributed by atoms with Gasteiger partial charge < -0.3 is 19.3 Å². The average molecular weight is 422 g/mol. The zero-order valence-electron chi connectivity index (χ0n) is 17.4. The minimum Gasteiger partial charge on any atom is -0.493 e. The number of amides is 1. The third kappa shape index (κ3) is 4.42. The molecule has 0 spiro atoms. The first-order chi connectivity index (χ1) is 15.1. The first kappa shape index (κ1) is 20.6. The van der Waals surface area contributed by atoms with Gasteiger partial charge >= 0.3 is 0 Å². The van der Waals surface area contributed by atoms with E-state index < -0.39 is 0 Å². The van der Waals surface area contributed by atoms with Gasteiger partial charge in [-0.3, -0.25) is 4.79 Å². The number of nitrogens with zero attached hydrogens (tertiary/aromatic N) is 4. The predicted molar refractivity (Wildman–Crippen MR) is 115 cm³/mol. The normalized spacial score (nSPS) is 13.8. The van der Waals surface area contributed by atoms with E-state index in [1.165, 1.54) is 24.3 Å². The summed E-state index contributed by atoms with van der Waals surface area (Å²) in [7, 11) is 3.19. The lowest BCUT2D eigenvalue weighted by molar-refractivity contribution is 0.0746.